The number of methoxy groups -OCH3 is 4. The molecule has 8 nitrogen and oxygen atoms in total. The second kappa shape index (κ2) is 7.96. The number of nitrogens with two attached hydrogens (primary N) is 1. The molecular weight excluding hydrogens is 348 g/mol. The van der Waals surface area contributed by atoms with Gasteiger partial charge >= 0.3 is 0 Å². The average Bonchev–Trinajstić information content (AvgIpc) is 3.22. The van der Waals surface area contributed by atoms with Gasteiger partial charge in [0.15, 0.2) is 17.3 Å². The van der Waals surface area contributed by atoms with Crippen LogP contribution in [0.5, 0.6) is 23.0 Å². The highest BCUT2D eigenvalue weighted by molar-refractivity contribution is 5.66. The molecule has 142 valence electrons. The maximum atomic E-state index is 6.31. The van der Waals surface area contributed by atoms with Crippen LogP contribution in [0.4, 0.5) is 0 Å². The van der Waals surface area contributed by atoms with Crippen molar-refractivity contribution in [3.05, 3.63) is 47.8 Å². The molecular formula is C19H22N4O4. The summed E-state index contributed by atoms with van der Waals surface area (Å²) in [5.41, 5.74) is 7.92. The summed E-state index contributed by atoms with van der Waals surface area (Å²) in [5.74, 6) is 3.35. The van der Waals surface area contributed by atoms with Crippen LogP contribution in [0.2, 0.25) is 0 Å². The van der Waals surface area contributed by atoms with E-state index in [1.807, 2.05) is 24.3 Å². The van der Waals surface area contributed by atoms with Crippen LogP contribution in [0.15, 0.2) is 36.4 Å². The lowest BCUT2D eigenvalue weighted by molar-refractivity contribution is 0.324. The number of nitrogens with one attached hydrogen (secondary N) is 1. The molecule has 0 aliphatic rings. The molecule has 3 aromatic rings. The topological polar surface area (TPSA) is 105 Å². The van der Waals surface area contributed by atoms with Crippen molar-refractivity contribution in [2.24, 2.45) is 5.73 Å². The van der Waals surface area contributed by atoms with Gasteiger partial charge in [0.2, 0.25) is 5.75 Å². The molecule has 0 saturated carbocycles. The zero-order valence-electron chi connectivity index (χ0n) is 15.6. The third-order valence-electron chi connectivity index (χ3n) is 4.20. The van der Waals surface area contributed by atoms with Crippen LogP contribution in [0.25, 0.3) is 11.4 Å². The maximum absolute atomic E-state index is 6.31. The lowest BCUT2D eigenvalue weighted by Crippen LogP contribution is -2.13. The number of aromatic nitrogens is 3. The van der Waals surface area contributed by atoms with Gasteiger partial charge in [-0.15, -0.1) is 0 Å². The van der Waals surface area contributed by atoms with Crippen LogP contribution in [0, 0.1) is 0 Å². The molecule has 0 amide bonds. The van der Waals surface area contributed by atoms with Crippen molar-refractivity contribution in [3.63, 3.8) is 0 Å². The van der Waals surface area contributed by atoms with Gasteiger partial charge in [-0.25, -0.2) is 4.98 Å². The van der Waals surface area contributed by atoms with Gasteiger partial charge in [-0.1, -0.05) is 12.1 Å². The van der Waals surface area contributed by atoms with Crippen molar-refractivity contribution in [2.75, 3.05) is 28.4 Å². The summed E-state index contributed by atoms with van der Waals surface area (Å²) in [4.78, 5) is 4.53. The minimum absolute atomic E-state index is 0.445. The zero-order chi connectivity index (χ0) is 19.4. The van der Waals surface area contributed by atoms with E-state index >= 15 is 0 Å². The summed E-state index contributed by atoms with van der Waals surface area (Å²) in [6.07, 6.45) is 0. The van der Waals surface area contributed by atoms with Crippen LogP contribution in [-0.4, -0.2) is 43.6 Å². The van der Waals surface area contributed by atoms with Crippen LogP contribution < -0.4 is 24.7 Å². The van der Waals surface area contributed by atoms with Crippen molar-refractivity contribution in [2.45, 2.75) is 6.04 Å². The van der Waals surface area contributed by atoms with Crippen LogP contribution in [-0.2, 0) is 0 Å². The molecule has 1 heterocycles. The highest BCUT2D eigenvalue weighted by Crippen LogP contribution is 2.40. The summed E-state index contributed by atoms with van der Waals surface area (Å²) in [7, 11) is 6.29. The summed E-state index contributed by atoms with van der Waals surface area (Å²) in [5, 5.41) is 7.18. The number of ether oxygens (including phenoxy) is 4. The van der Waals surface area contributed by atoms with E-state index < -0.39 is 6.04 Å². The molecule has 8 heteroatoms. The number of hydrogen-bond acceptors (Lipinski definition) is 7. The van der Waals surface area contributed by atoms with Crippen molar-refractivity contribution in [1.29, 1.82) is 0 Å². The predicted molar refractivity (Wildman–Crippen MR) is 100 cm³/mol. The van der Waals surface area contributed by atoms with E-state index in [4.69, 9.17) is 24.7 Å². The smallest absolute Gasteiger partial charge is 0.203 e. The van der Waals surface area contributed by atoms with Gasteiger partial charge in [-0.2, -0.15) is 5.10 Å². The average molecular weight is 370 g/mol. The molecule has 0 saturated heterocycles. The summed E-state index contributed by atoms with van der Waals surface area (Å²) in [6, 6.07) is 10.6. The first-order valence-electron chi connectivity index (χ1n) is 8.23. The van der Waals surface area contributed by atoms with E-state index in [2.05, 4.69) is 15.2 Å². The zero-order valence-corrected chi connectivity index (χ0v) is 15.6. The lowest BCUT2D eigenvalue weighted by atomic mass is 10.1. The molecule has 0 fully saturated rings. The number of benzene rings is 2. The molecule has 27 heavy (non-hydrogen) atoms. The van der Waals surface area contributed by atoms with Crippen molar-refractivity contribution in [1.82, 2.24) is 15.2 Å². The van der Waals surface area contributed by atoms with E-state index in [1.165, 1.54) is 0 Å². The Morgan fingerprint density at radius 3 is 2.04 bits per heavy atom. The predicted octanol–water partition coefficient (Wildman–Crippen LogP) is 2.55. The number of hydrogen-bond donors (Lipinski definition) is 2. The molecule has 3 N–H and O–H groups in total. The molecule has 0 aliphatic heterocycles. The normalized spacial score (nSPS) is 11.7. The van der Waals surface area contributed by atoms with Gasteiger partial charge in [-0.3, -0.25) is 5.10 Å². The summed E-state index contributed by atoms with van der Waals surface area (Å²) in [6.45, 7) is 0. The SMILES string of the molecule is COc1ccc(C(N)c2nc(-c3cc(OC)c(OC)c(OC)c3)n[nH]2)cc1. The first-order chi connectivity index (χ1) is 13.1. The number of H-pyrrole nitrogens is 1. The van der Waals surface area contributed by atoms with Gasteiger partial charge in [0, 0.05) is 5.56 Å². The largest absolute Gasteiger partial charge is 0.497 e. The quantitative estimate of drug-likeness (QED) is 0.658. The van der Waals surface area contributed by atoms with Crippen LogP contribution in [0.1, 0.15) is 17.4 Å². The van der Waals surface area contributed by atoms with Crippen molar-refractivity contribution in [3.8, 4) is 34.4 Å². The second-order valence-corrected chi connectivity index (χ2v) is 5.71. The molecule has 3 rings (SSSR count). The molecule has 1 aromatic heterocycles. The fourth-order valence-corrected chi connectivity index (χ4v) is 2.72. The van der Waals surface area contributed by atoms with E-state index in [-0.39, 0.29) is 0 Å². The number of aromatic amines is 1. The molecule has 1 unspecified atom stereocenters. The molecule has 0 aliphatic carbocycles. The Labute approximate surface area is 157 Å². The van der Waals surface area contributed by atoms with Gasteiger partial charge in [0.25, 0.3) is 0 Å². The highest BCUT2D eigenvalue weighted by atomic mass is 16.5. The minimum atomic E-state index is -0.445. The van der Waals surface area contributed by atoms with Crippen LogP contribution in [0.3, 0.4) is 0 Å². The molecule has 0 spiro atoms. The summed E-state index contributed by atoms with van der Waals surface area (Å²) >= 11 is 0. The van der Waals surface area contributed by atoms with E-state index in [0.29, 0.717) is 34.5 Å². The Morgan fingerprint density at radius 2 is 1.52 bits per heavy atom. The van der Waals surface area contributed by atoms with Gasteiger partial charge in [-0.05, 0) is 29.8 Å². The first-order valence-corrected chi connectivity index (χ1v) is 8.23. The maximum Gasteiger partial charge on any atom is 0.203 e. The standard InChI is InChI=1S/C19H22N4O4/c1-24-13-7-5-11(6-8-13)16(20)19-21-18(22-23-19)12-9-14(25-2)17(27-4)15(10-12)26-3/h5-10,16H,20H2,1-4H3,(H,21,22,23). The molecule has 1 atom stereocenters. The van der Waals surface area contributed by atoms with Crippen LogP contribution >= 0.6 is 0 Å². The fourth-order valence-electron chi connectivity index (χ4n) is 2.72. The van der Waals surface area contributed by atoms with Crippen molar-refractivity contribution < 1.29 is 18.9 Å². The first kappa shape index (κ1) is 18.5. The number of nitrogens with zero attached hydrogens (tertiary/aromatic N) is 2. The summed E-state index contributed by atoms with van der Waals surface area (Å²) < 4.78 is 21.3. The van der Waals surface area contributed by atoms with Crippen molar-refractivity contribution >= 4 is 0 Å². The third kappa shape index (κ3) is 3.65. The molecule has 0 bridgehead atoms. The molecule has 0 radical (unpaired) electrons. The minimum Gasteiger partial charge on any atom is -0.497 e. The third-order valence-corrected chi connectivity index (χ3v) is 4.20. The van der Waals surface area contributed by atoms with E-state index in [0.717, 1.165) is 11.3 Å². The van der Waals surface area contributed by atoms with E-state index in [1.54, 1.807) is 40.6 Å². The lowest BCUT2D eigenvalue weighted by Gasteiger charge is -2.13. The highest BCUT2D eigenvalue weighted by Gasteiger charge is 2.19. The monoisotopic (exact) mass is 370 g/mol. The second-order valence-electron chi connectivity index (χ2n) is 5.71. The fraction of sp³-hybridized carbons (Fsp3) is 0.263. The number of rotatable bonds is 7. The van der Waals surface area contributed by atoms with E-state index in [9.17, 15) is 0 Å². The van der Waals surface area contributed by atoms with Gasteiger partial charge in [0.05, 0.1) is 34.5 Å². The Hall–Kier alpha value is -3.26. The van der Waals surface area contributed by atoms with Gasteiger partial charge in [0.1, 0.15) is 11.6 Å². The van der Waals surface area contributed by atoms with Gasteiger partial charge < -0.3 is 24.7 Å². The Bertz CT molecular complexity index is 883. The Balaban J connectivity index is 1.93. The Kier molecular flexibility index (Phi) is 5.46. The molecule has 2 aromatic carbocycles. The Morgan fingerprint density at radius 1 is 0.889 bits per heavy atom.